The molecule has 4 saturated carbocycles. The van der Waals surface area contributed by atoms with Crippen molar-refractivity contribution in [3.63, 3.8) is 0 Å². The Morgan fingerprint density at radius 2 is 0.686 bits per heavy atom. The Morgan fingerprint density at radius 1 is 0.457 bits per heavy atom. The van der Waals surface area contributed by atoms with Gasteiger partial charge in [-0.2, -0.15) is 0 Å². The van der Waals surface area contributed by atoms with Crippen LogP contribution >= 0.6 is 0 Å². The summed E-state index contributed by atoms with van der Waals surface area (Å²) in [5.41, 5.74) is -1.81. The summed E-state index contributed by atoms with van der Waals surface area (Å²) in [6, 6.07) is 0. The molecule has 0 spiro atoms. The van der Waals surface area contributed by atoms with Crippen LogP contribution in [0.4, 0.5) is 0 Å². The van der Waals surface area contributed by atoms with Crippen molar-refractivity contribution in [3.05, 3.63) is 0 Å². The van der Waals surface area contributed by atoms with Crippen LogP contribution in [0.3, 0.4) is 0 Å². The highest BCUT2D eigenvalue weighted by atomic mass is 16.8. The van der Waals surface area contributed by atoms with Gasteiger partial charge < -0.3 is 19.7 Å². The molecule has 4 nitrogen and oxygen atoms in total. The molecule has 5 fully saturated rings. The number of ether oxygens (including phenoxy) is 2. The molecule has 0 radical (unpaired) electrons. The zero-order chi connectivity index (χ0) is 24.5. The van der Waals surface area contributed by atoms with Crippen molar-refractivity contribution in [1.82, 2.24) is 0 Å². The van der Waals surface area contributed by atoms with E-state index >= 15 is 0 Å². The lowest BCUT2D eigenvalue weighted by Gasteiger charge is -2.54. The van der Waals surface area contributed by atoms with Crippen molar-refractivity contribution in [3.8, 4) is 0 Å². The van der Waals surface area contributed by atoms with Crippen LogP contribution in [0, 0.1) is 23.7 Å². The quantitative estimate of drug-likeness (QED) is 0.410. The maximum atomic E-state index is 13.0. The second kappa shape index (κ2) is 10.9. The lowest BCUT2D eigenvalue weighted by molar-refractivity contribution is -0.217. The molecule has 202 valence electrons. The Bertz CT molecular complexity index is 573. The molecular formula is C31H54O4. The van der Waals surface area contributed by atoms with Crippen molar-refractivity contribution in [2.24, 2.45) is 23.7 Å². The van der Waals surface area contributed by atoms with Gasteiger partial charge in [-0.3, -0.25) is 0 Å². The third-order valence-electron chi connectivity index (χ3n) is 11.0. The van der Waals surface area contributed by atoms with E-state index in [1.165, 1.54) is 77.0 Å². The van der Waals surface area contributed by atoms with Gasteiger partial charge in [0.05, 0.1) is 11.2 Å². The molecule has 0 amide bonds. The molecule has 4 heteroatoms. The Balaban J connectivity index is 1.56. The molecule has 1 aliphatic heterocycles. The molecule has 4 aliphatic carbocycles. The van der Waals surface area contributed by atoms with Gasteiger partial charge in [0.2, 0.25) is 0 Å². The van der Waals surface area contributed by atoms with Crippen molar-refractivity contribution < 1.29 is 19.7 Å². The molecule has 5 rings (SSSR count). The zero-order valence-electron chi connectivity index (χ0n) is 22.8. The lowest BCUT2D eigenvalue weighted by atomic mass is 9.58. The summed E-state index contributed by atoms with van der Waals surface area (Å²) in [5, 5.41) is 26.0. The standard InChI is InChI=1S/C31H54O4/c1-29(2)34-27(30(32,23-15-7-3-8-16-23)24-17-9-4-10-18-24)28(35-29)31(33,25-19-11-5-12-20-25)26-21-13-6-14-22-26/h23-28,32-33H,3-22H2,1-2H3/t27-,28-/m1/s1. The van der Waals surface area contributed by atoms with E-state index in [9.17, 15) is 10.2 Å². The molecule has 0 unspecified atom stereocenters. The minimum atomic E-state index is -0.906. The first kappa shape index (κ1) is 26.4. The van der Waals surface area contributed by atoms with Gasteiger partial charge in [-0.05, 0) is 88.9 Å². The first-order valence-electron chi connectivity index (χ1n) is 15.7. The van der Waals surface area contributed by atoms with Crippen LogP contribution in [-0.2, 0) is 9.47 Å². The smallest absolute Gasteiger partial charge is 0.164 e. The van der Waals surface area contributed by atoms with E-state index in [1.54, 1.807) is 0 Å². The molecule has 0 aromatic heterocycles. The maximum Gasteiger partial charge on any atom is 0.164 e. The fourth-order valence-corrected chi connectivity index (χ4v) is 9.29. The second-order valence-corrected chi connectivity index (χ2v) is 13.6. The highest BCUT2D eigenvalue weighted by Gasteiger charge is 2.65. The molecule has 0 bridgehead atoms. The average Bonchev–Trinajstić information content (AvgIpc) is 3.26. The number of hydrogen-bond donors (Lipinski definition) is 2. The van der Waals surface area contributed by atoms with Gasteiger partial charge in [0, 0.05) is 0 Å². The molecule has 2 atom stereocenters. The normalized spacial score (nSPS) is 33.3. The van der Waals surface area contributed by atoms with E-state index < -0.39 is 29.2 Å². The predicted molar refractivity (Wildman–Crippen MR) is 140 cm³/mol. The summed E-state index contributed by atoms with van der Waals surface area (Å²) in [4.78, 5) is 0. The van der Waals surface area contributed by atoms with Crippen LogP contribution in [0.25, 0.3) is 0 Å². The van der Waals surface area contributed by atoms with Gasteiger partial charge in [-0.15, -0.1) is 0 Å². The van der Waals surface area contributed by atoms with Gasteiger partial charge >= 0.3 is 0 Å². The van der Waals surface area contributed by atoms with E-state index in [0.717, 1.165) is 51.4 Å². The van der Waals surface area contributed by atoms with Gasteiger partial charge in [-0.25, -0.2) is 0 Å². The van der Waals surface area contributed by atoms with Crippen LogP contribution in [-0.4, -0.2) is 39.4 Å². The highest BCUT2D eigenvalue weighted by Crippen LogP contribution is 2.55. The third-order valence-corrected chi connectivity index (χ3v) is 11.0. The molecule has 5 aliphatic rings. The maximum absolute atomic E-state index is 13.0. The van der Waals surface area contributed by atoms with E-state index in [4.69, 9.17) is 9.47 Å². The van der Waals surface area contributed by atoms with Crippen molar-refractivity contribution in [1.29, 1.82) is 0 Å². The van der Waals surface area contributed by atoms with Gasteiger partial charge in [0.15, 0.2) is 5.79 Å². The first-order chi connectivity index (χ1) is 16.9. The molecular weight excluding hydrogens is 436 g/mol. The van der Waals surface area contributed by atoms with Crippen molar-refractivity contribution in [2.45, 2.75) is 171 Å². The largest absolute Gasteiger partial charge is 0.386 e. The van der Waals surface area contributed by atoms with E-state index in [0.29, 0.717) is 0 Å². The van der Waals surface area contributed by atoms with E-state index in [2.05, 4.69) is 0 Å². The van der Waals surface area contributed by atoms with Crippen LogP contribution in [0.2, 0.25) is 0 Å². The fraction of sp³-hybridized carbons (Fsp3) is 1.00. The number of hydrogen-bond acceptors (Lipinski definition) is 4. The average molecular weight is 491 g/mol. The molecule has 35 heavy (non-hydrogen) atoms. The van der Waals surface area contributed by atoms with E-state index in [1.807, 2.05) is 13.8 Å². The summed E-state index contributed by atoms with van der Waals surface area (Å²) in [6.45, 7) is 4.04. The Kier molecular flexibility index (Phi) is 8.24. The topological polar surface area (TPSA) is 58.9 Å². The lowest BCUT2D eigenvalue weighted by Crippen LogP contribution is -2.66. The summed E-state index contributed by atoms with van der Waals surface area (Å²) in [6.07, 6.45) is 22.6. The fourth-order valence-electron chi connectivity index (χ4n) is 9.29. The summed E-state index contributed by atoms with van der Waals surface area (Å²) in [5.74, 6) is 0.250. The van der Waals surface area contributed by atoms with Crippen molar-refractivity contribution >= 4 is 0 Å². The summed E-state index contributed by atoms with van der Waals surface area (Å²) in [7, 11) is 0. The SMILES string of the molecule is CC1(C)O[C@@H](C(O)(C2CCCCC2)C2CCCCC2)[C@H](C(O)(C2CCCCC2)C2CCCCC2)O1. The predicted octanol–water partition coefficient (Wildman–Crippen LogP) is 7.29. The van der Waals surface area contributed by atoms with Gasteiger partial charge in [0.1, 0.15) is 12.2 Å². The third kappa shape index (κ3) is 5.12. The van der Waals surface area contributed by atoms with Gasteiger partial charge in [0.25, 0.3) is 0 Å². The molecule has 1 saturated heterocycles. The zero-order valence-corrected chi connectivity index (χ0v) is 22.8. The summed E-state index contributed by atoms with van der Waals surface area (Å²) < 4.78 is 13.7. The Morgan fingerprint density at radius 3 is 0.914 bits per heavy atom. The monoisotopic (exact) mass is 490 g/mol. The van der Waals surface area contributed by atoms with Crippen molar-refractivity contribution in [2.75, 3.05) is 0 Å². The first-order valence-corrected chi connectivity index (χ1v) is 15.7. The van der Waals surface area contributed by atoms with Crippen LogP contribution in [0.5, 0.6) is 0 Å². The van der Waals surface area contributed by atoms with Gasteiger partial charge in [-0.1, -0.05) is 77.0 Å². The van der Waals surface area contributed by atoms with Crippen LogP contribution in [0.15, 0.2) is 0 Å². The van der Waals surface area contributed by atoms with Crippen LogP contribution < -0.4 is 0 Å². The minimum Gasteiger partial charge on any atom is -0.386 e. The Hall–Kier alpha value is -0.160. The molecule has 0 aromatic rings. The number of rotatable bonds is 6. The van der Waals surface area contributed by atoms with Crippen LogP contribution in [0.1, 0.15) is 142 Å². The Labute approximate surface area is 214 Å². The second-order valence-electron chi connectivity index (χ2n) is 13.6. The summed E-state index contributed by atoms with van der Waals surface area (Å²) >= 11 is 0. The molecule has 0 aromatic carbocycles. The minimum absolute atomic E-state index is 0.256. The molecule has 1 heterocycles. The molecule has 2 N–H and O–H groups in total. The number of aliphatic hydroxyl groups is 2. The highest BCUT2D eigenvalue weighted by molar-refractivity contribution is 5.13. The van der Waals surface area contributed by atoms with E-state index in [-0.39, 0.29) is 23.7 Å².